The molecule has 0 spiro atoms. The average Bonchev–Trinajstić information content (AvgIpc) is 2.43. The Labute approximate surface area is 153 Å². The lowest BCUT2D eigenvalue weighted by Crippen LogP contribution is -2.22. The summed E-state index contributed by atoms with van der Waals surface area (Å²) in [5.74, 6) is 0. The molecule has 0 aliphatic carbocycles. The van der Waals surface area contributed by atoms with Crippen molar-refractivity contribution in [2.75, 3.05) is 19.9 Å². The molecule has 0 bridgehead atoms. The molecular formula is C15H29O10P. The van der Waals surface area contributed by atoms with Crippen molar-refractivity contribution in [3.8, 4) is 0 Å². The molecule has 0 fully saturated rings. The van der Waals surface area contributed by atoms with Crippen molar-refractivity contribution in [1.82, 2.24) is 0 Å². The van der Waals surface area contributed by atoms with E-state index < -0.39 is 45.4 Å². The molecule has 0 amide bonds. The lowest BCUT2D eigenvalue weighted by molar-refractivity contribution is -0.0428. The van der Waals surface area contributed by atoms with E-state index in [4.69, 9.17) is 23.3 Å². The number of hydrogen-bond acceptors (Lipinski definition) is 10. The van der Waals surface area contributed by atoms with Gasteiger partial charge in [-0.3, -0.25) is 13.6 Å². The first-order valence-electron chi connectivity index (χ1n) is 8.02. The fourth-order valence-electron chi connectivity index (χ4n) is 1.15. The smallest absolute Gasteiger partial charge is 0.432 e. The summed E-state index contributed by atoms with van der Waals surface area (Å²) < 4.78 is 46.8. The summed E-state index contributed by atoms with van der Waals surface area (Å²) in [4.78, 5) is 22.6. The van der Waals surface area contributed by atoms with Gasteiger partial charge in [0.25, 0.3) is 0 Å². The van der Waals surface area contributed by atoms with Gasteiger partial charge in [0, 0.05) is 0 Å². The molecule has 0 aliphatic heterocycles. The maximum atomic E-state index is 12.6. The molecule has 10 nitrogen and oxygen atoms in total. The van der Waals surface area contributed by atoms with Gasteiger partial charge < -0.3 is 23.7 Å². The van der Waals surface area contributed by atoms with Gasteiger partial charge in [-0.2, -0.15) is 0 Å². The highest BCUT2D eigenvalue weighted by Crippen LogP contribution is 2.48. The molecule has 0 aliphatic rings. The molecule has 0 saturated heterocycles. The highest BCUT2D eigenvalue weighted by atomic mass is 31.2. The molecule has 0 radical (unpaired) electrons. The van der Waals surface area contributed by atoms with E-state index in [1.165, 1.54) is 0 Å². The van der Waals surface area contributed by atoms with Crippen LogP contribution >= 0.6 is 7.60 Å². The van der Waals surface area contributed by atoms with Crippen LogP contribution in [0.4, 0.5) is 9.59 Å². The predicted molar refractivity (Wildman–Crippen MR) is 90.6 cm³/mol. The van der Waals surface area contributed by atoms with Gasteiger partial charge in [0.2, 0.25) is 13.6 Å². The fraction of sp³-hybridized carbons (Fsp3) is 0.867. The summed E-state index contributed by atoms with van der Waals surface area (Å²) in [5.41, 5.74) is -0.628. The molecule has 0 aromatic carbocycles. The Hall–Kier alpha value is -1.35. The fourth-order valence-corrected chi connectivity index (χ4v) is 2.34. The molecule has 0 aromatic heterocycles. The van der Waals surface area contributed by atoms with E-state index >= 15 is 0 Å². The second-order valence-electron chi connectivity index (χ2n) is 6.61. The van der Waals surface area contributed by atoms with Crippen molar-refractivity contribution < 1.29 is 46.9 Å². The summed E-state index contributed by atoms with van der Waals surface area (Å²) >= 11 is 0. The lowest BCUT2D eigenvalue weighted by atomic mass is 10.2. The molecule has 154 valence electrons. The van der Waals surface area contributed by atoms with Crippen LogP contribution in [-0.4, -0.2) is 50.1 Å². The minimum absolute atomic E-state index is 0.379. The summed E-state index contributed by atoms with van der Waals surface area (Å²) in [5, 5.41) is 0. The van der Waals surface area contributed by atoms with Crippen molar-refractivity contribution in [2.45, 2.75) is 66.3 Å². The van der Waals surface area contributed by atoms with Gasteiger partial charge in [-0.1, -0.05) is 0 Å². The Balaban J connectivity index is 4.57. The van der Waals surface area contributed by atoms with Crippen molar-refractivity contribution in [1.29, 1.82) is 0 Å². The third kappa shape index (κ3) is 13.9. The standard InChI is InChI=1S/C15H29O10P/c1-11(2)24-13(16)19-8-22-26(18,10-21-15(5,6)7)23-9-20-14(17)25-12(3)4/h11-12H,8-10H2,1-7H3. The number of ether oxygens (including phenoxy) is 5. The Morgan fingerprint density at radius 3 is 1.54 bits per heavy atom. The maximum absolute atomic E-state index is 12.6. The van der Waals surface area contributed by atoms with Gasteiger partial charge in [0.1, 0.15) is 6.35 Å². The van der Waals surface area contributed by atoms with Crippen LogP contribution in [0, 0.1) is 0 Å². The monoisotopic (exact) mass is 400 g/mol. The van der Waals surface area contributed by atoms with Crippen LogP contribution in [-0.2, 0) is 37.3 Å². The Morgan fingerprint density at radius 1 is 0.846 bits per heavy atom. The van der Waals surface area contributed by atoms with Crippen LogP contribution in [0.25, 0.3) is 0 Å². The van der Waals surface area contributed by atoms with Gasteiger partial charge in [-0.05, 0) is 48.5 Å². The first-order chi connectivity index (χ1) is 11.8. The summed E-state index contributed by atoms with van der Waals surface area (Å²) in [6, 6.07) is 0. The summed E-state index contributed by atoms with van der Waals surface area (Å²) in [6.07, 6.45) is -3.17. The predicted octanol–water partition coefficient (Wildman–Crippen LogP) is 4.02. The molecule has 0 rings (SSSR count). The summed E-state index contributed by atoms with van der Waals surface area (Å²) in [6.45, 7) is 10.4. The number of hydrogen-bond donors (Lipinski definition) is 0. The molecule has 0 atom stereocenters. The zero-order chi connectivity index (χ0) is 20.4. The second-order valence-corrected chi connectivity index (χ2v) is 8.61. The molecule has 0 N–H and O–H groups in total. The van der Waals surface area contributed by atoms with E-state index in [-0.39, 0.29) is 12.2 Å². The summed E-state index contributed by atoms with van der Waals surface area (Å²) in [7, 11) is -3.88. The third-order valence-electron chi connectivity index (χ3n) is 2.17. The minimum Gasteiger partial charge on any atom is -0.432 e. The van der Waals surface area contributed by atoms with Crippen LogP contribution in [0.15, 0.2) is 0 Å². The molecule has 0 unspecified atom stereocenters. The van der Waals surface area contributed by atoms with Gasteiger partial charge in [-0.25, -0.2) is 9.59 Å². The average molecular weight is 400 g/mol. The van der Waals surface area contributed by atoms with Crippen LogP contribution in [0.3, 0.4) is 0 Å². The molecule has 0 aromatic rings. The topological polar surface area (TPSA) is 116 Å². The van der Waals surface area contributed by atoms with Crippen LogP contribution in [0.5, 0.6) is 0 Å². The molecular weight excluding hydrogens is 371 g/mol. The lowest BCUT2D eigenvalue weighted by Gasteiger charge is -2.24. The van der Waals surface area contributed by atoms with Crippen molar-refractivity contribution >= 4 is 19.9 Å². The molecule has 0 heterocycles. The Kier molecular flexibility index (Phi) is 10.8. The molecule has 0 saturated carbocycles. The van der Waals surface area contributed by atoms with E-state index in [1.54, 1.807) is 48.5 Å². The van der Waals surface area contributed by atoms with E-state index in [0.717, 1.165) is 0 Å². The number of carbonyl (C=O) groups is 2. The highest BCUT2D eigenvalue weighted by Gasteiger charge is 2.30. The van der Waals surface area contributed by atoms with E-state index in [1.807, 2.05) is 0 Å². The zero-order valence-corrected chi connectivity index (χ0v) is 17.2. The largest absolute Gasteiger partial charge is 0.510 e. The van der Waals surface area contributed by atoms with Crippen molar-refractivity contribution in [3.63, 3.8) is 0 Å². The minimum atomic E-state index is -3.88. The van der Waals surface area contributed by atoms with E-state index in [0.29, 0.717) is 0 Å². The SMILES string of the molecule is CC(C)OC(=O)OCOP(=O)(COC(C)(C)C)OCOC(=O)OC(C)C. The van der Waals surface area contributed by atoms with Gasteiger partial charge >= 0.3 is 19.9 Å². The second kappa shape index (κ2) is 11.4. The van der Waals surface area contributed by atoms with Gasteiger partial charge in [-0.15, -0.1) is 0 Å². The number of carbonyl (C=O) groups excluding carboxylic acids is 2. The van der Waals surface area contributed by atoms with E-state index in [9.17, 15) is 14.2 Å². The molecule has 26 heavy (non-hydrogen) atoms. The van der Waals surface area contributed by atoms with Gasteiger partial charge in [0.05, 0.1) is 17.8 Å². The van der Waals surface area contributed by atoms with E-state index in [2.05, 4.69) is 9.47 Å². The zero-order valence-electron chi connectivity index (χ0n) is 16.3. The van der Waals surface area contributed by atoms with Crippen molar-refractivity contribution in [3.05, 3.63) is 0 Å². The first kappa shape index (κ1) is 24.7. The Morgan fingerprint density at radius 2 is 1.23 bits per heavy atom. The van der Waals surface area contributed by atoms with Crippen LogP contribution in [0.1, 0.15) is 48.5 Å². The molecule has 11 heteroatoms. The number of rotatable bonds is 10. The third-order valence-corrected chi connectivity index (χ3v) is 3.61. The normalized spacial score (nSPS) is 12.2. The highest BCUT2D eigenvalue weighted by molar-refractivity contribution is 7.53. The van der Waals surface area contributed by atoms with Crippen LogP contribution in [0.2, 0.25) is 0 Å². The first-order valence-corrected chi connectivity index (χ1v) is 9.74. The van der Waals surface area contributed by atoms with Gasteiger partial charge in [0.15, 0.2) is 0 Å². The maximum Gasteiger partial charge on any atom is 0.510 e. The van der Waals surface area contributed by atoms with Crippen LogP contribution < -0.4 is 0 Å². The Bertz CT molecular complexity index is 451. The van der Waals surface area contributed by atoms with Crippen molar-refractivity contribution in [2.24, 2.45) is 0 Å². The quantitative estimate of drug-likeness (QED) is 0.302.